The first-order valence-electron chi connectivity index (χ1n) is 4.53. The second-order valence-electron chi connectivity index (χ2n) is 3.23. The molecule has 0 radical (unpaired) electrons. The van der Waals surface area contributed by atoms with E-state index in [1.54, 1.807) is 6.20 Å². The van der Waals surface area contributed by atoms with Crippen molar-refractivity contribution in [3.63, 3.8) is 0 Å². The SMILES string of the molecule is Cc1cc[nH]c(=O)c1-c1ccccc1. The predicted octanol–water partition coefficient (Wildman–Crippen LogP) is 2.35. The highest BCUT2D eigenvalue weighted by molar-refractivity contribution is 5.65. The van der Waals surface area contributed by atoms with E-state index < -0.39 is 0 Å². The third-order valence-electron chi connectivity index (χ3n) is 2.23. The monoisotopic (exact) mass is 185 g/mol. The first-order valence-corrected chi connectivity index (χ1v) is 4.53. The maximum Gasteiger partial charge on any atom is 0.256 e. The Bertz CT molecular complexity index is 485. The van der Waals surface area contributed by atoms with Crippen LogP contribution in [0.4, 0.5) is 0 Å². The van der Waals surface area contributed by atoms with Gasteiger partial charge in [-0.25, -0.2) is 0 Å². The minimum absolute atomic E-state index is 0.0313. The number of hydrogen-bond acceptors (Lipinski definition) is 1. The molecule has 0 aliphatic heterocycles. The van der Waals surface area contributed by atoms with Crippen molar-refractivity contribution in [3.8, 4) is 11.1 Å². The Morgan fingerprint density at radius 3 is 2.43 bits per heavy atom. The van der Waals surface area contributed by atoms with Crippen LogP contribution in [0.2, 0.25) is 0 Å². The summed E-state index contributed by atoms with van der Waals surface area (Å²) in [5.74, 6) is 0. The Balaban J connectivity index is 2.69. The van der Waals surface area contributed by atoms with E-state index in [1.807, 2.05) is 43.3 Å². The molecule has 0 aliphatic carbocycles. The predicted molar refractivity (Wildman–Crippen MR) is 57.2 cm³/mol. The van der Waals surface area contributed by atoms with Crippen LogP contribution >= 0.6 is 0 Å². The average molecular weight is 185 g/mol. The minimum Gasteiger partial charge on any atom is -0.329 e. The summed E-state index contributed by atoms with van der Waals surface area (Å²) in [7, 11) is 0. The fourth-order valence-corrected chi connectivity index (χ4v) is 1.54. The topological polar surface area (TPSA) is 32.9 Å². The van der Waals surface area contributed by atoms with Crippen LogP contribution in [0, 0.1) is 6.92 Å². The Labute approximate surface area is 82.2 Å². The van der Waals surface area contributed by atoms with E-state index in [4.69, 9.17) is 0 Å². The van der Waals surface area contributed by atoms with Crippen LogP contribution in [-0.4, -0.2) is 4.98 Å². The van der Waals surface area contributed by atoms with E-state index in [0.29, 0.717) is 0 Å². The van der Waals surface area contributed by atoms with Gasteiger partial charge in [0.05, 0.1) is 0 Å². The van der Waals surface area contributed by atoms with Crippen molar-refractivity contribution in [1.82, 2.24) is 4.98 Å². The van der Waals surface area contributed by atoms with Crippen molar-refractivity contribution < 1.29 is 0 Å². The largest absolute Gasteiger partial charge is 0.329 e. The highest BCUT2D eigenvalue weighted by atomic mass is 16.1. The lowest BCUT2D eigenvalue weighted by molar-refractivity contribution is 1.21. The number of pyridine rings is 1. The van der Waals surface area contributed by atoms with Gasteiger partial charge in [0.15, 0.2) is 0 Å². The molecule has 14 heavy (non-hydrogen) atoms. The summed E-state index contributed by atoms with van der Waals surface area (Å²) in [6, 6.07) is 11.6. The molecule has 0 saturated carbocycles. The molecule has 0 unspecified atom stereocenters. The third kappa shape index (κ3) is 1.46. The summed E-state index contributed by atoms with van der Waals surface area (Å²) in [4.78, 5) is 14.3. The van der Waals surface area contributed by atoms with Crippen LogP contribution in [0.15, 0.2) is 47.4 Å². The van der Waals surface area contributed by atoms with Crippen LogP contribution in [0.3, 0.4) is 0 Å². The zero-order valence-corrected chi connectivity index (χ0v) is 7.95. The van der Waals surface area contributed by atoms with Crippen molar-refractivity contribution >= 4 is 0 Å². The molecule has 2 nitrogen and oxygen atoms in total. The average Bonchev–Trinajstić information content (AvgIpc) is 2.19. The van der Waals surface area contributed by atoms with Crippen molar-refractivity contribution in [2.45, 2.75) is 6.92 Å². The standard InChI is InChI=1S/C12H11NO/c1-9-7-8-13-12(14)11(9)10-5-3-2-4-6-10/h2-8H,1H3,(H,13,14). The van der Waals surface area contributed by atoms with Gasteiger partial charge in [-0.3, -0.25) is 4.79 Å². The van der Waals surface area contributed by atoms with Crippen molar-refractivity contribution in [2.75, 3.05) is 0 Å². The van der Waals surface area contributed by atoms with Gasteiger partial charge < -0.3 is 4.98 Å². The van der Waals surface area contributed by atoms with E-state index in [0.717, 1.165) is 16.7 Å². The fourth-order valence-electron chi connectivity index (χ4n) is 1.54. The molecule has 0 spiro atoms. The van der Waals surface area contributed by atoms with Crippen LogP contribution in [0.5, 0.6) is 0 Å². The zero-order valence-electron chi connectivity index (χ0n) is 7.95. The van der Waals surface area contributed by atoms with Gasteiger partial charge >= 0.3 is 0 Å². The Morgan fingerprint density at radius 1 is 1.07 bits per heavy atom. The summed E-state index contributed by atoms with van der Waals surface area (Å²) in [6.45, 7) is 1.94. The lowest BCUT2D eigenvalue weighted by Crippen LogP contribution is -2.09. The first kappa shape index (κ1) is 8.75. The molecule has 0 amide bonds. The van der Waals surface area contributed by atoms with Gasteiger partial charge in [-0.2, -0.15) is 0 Å². The zero-order chi connectivity index (χ0) is 9.97. The molecule has 2 aromatic rings. The van der Waals surface area contributed by atoms with Gasteiger partial charge in [0.1, 0.15) is 0 Å². The number of nitrogens with one attached hydrogen (secondary N) is 1. The molecular weight excluding hydrogens is 174 g/mol. The van der Waals surface area contributed by atoms with Gasteiger partial charge in [0.2, 0.25) is 0 Å². The second-order valence-corrected chi connectivity index (χ2v) is 3.23. The molecular formula is C12H11NO. The lowest BCUT2D eigenvalue weighted by atomic mass is 10.0. The summed E-state index contributed by atoms with van der Waals surface area (Å²) >= 11 is 0. The van der Waals surface area contributed by atoms with Gasteiger partial charge in [-0.1, -0.05) is 30.3 Å². The van der Waals surface area contributed by atoms with E-state index in [1.165, 1.54) is 0 Å². The fraction of sp³-hybridized carbons (Fsp3) is 0.0833. The summed E-state index contributed by atoms with van der Waals surface area (Å²) in [5, 5.41) is 0. The van der Waals surface area contributed by atoms with Gasteiger partial charge in [0.25, 0.3) is 5.56 Å². The van der Waals surface area contributed by atoms with Crippen LogP contribution in [-0.2, 0) is 0 Å². The van der Waals surface area contributed by atoms with Crippen LogP contribution in [0.1, 0.15) is 5.56 Å². The van der Waals surface area contributed by atoms with E-state index in [-0.39, 0.29) is 5.56 Å². The normalized spacial score (nSPS) is 10.1. The minimum atomic E-state index is -0.0313. The molecule has 1 N–H and O–H groups in total. The van der Waals surface area contributed by atoms with Crippen LogP contribution < -0.4 is 5.56 Å². The van der Waals surface area contributed by atoms with Gasteiger partial charge in [-0.05, 0) is 24.1 Å². The van der Waals surface area contributed by atoms with E-state index in [9.17, 15) is 4.79 Å². The molecule has 0 saturated heterocycles. The summed E-state index contributed by atoms with van der Waals surface area (Å²) < 4.78 is 0. The number of aryl methyl sites for hydroxylation is 1. The third-order valence-corrected chi connectivity index (χ3v) is 2.23. The number of benzene rings is 1. The molecule has 1 aromatic carbocycles. The van der Waals surface area contributed by atoms with Gasteiger partial charge in [-0.15, -0.1) is 0 Å². The molecule has 70 valence electrons. The Kier molecular flexibility index (Phi) is 2.19. The molecule has 0 aliphatic rings. The van der Waals surface area contributed by atoms with E-state index >= 15 is 0 Å². The molecule has 1 heterocycles. The molecule has 0 bridgehead atoms. The number of aromatic nitrogens is 1. The van der Waals surface area contributed by atoms with Gasteiger partial charge in [0, 0.05) is 11.8 Å². The first-order chi connectivity index (χ1) is 6.79. The number of H-pyrrole nitrogens is 1. The van der Waals surface area contributed by atoms with Crippen molar-refractivity contribution in [1.29, 1.82) is 0 Å². The Hall–Kier alpha value is -1.83. The number of hydrogen-bond donors (Lipinski definition) is 1. The maximum atomic E-state index is 11.6. The van der Waals surface area contributed by atoms with Crippen molar-refractivity contribution in [2.24, 2.45) is 0 Å². The molecule has 0 atom stereocenters. The highest BCUT2D eigenvalue weighted by Gasteiger charge is 2.04. The smallest absolute Gasteiger partial charge is 0.256 e. The molecule has 2 heteroatoms. The number of rotatable bonds is 1. The maximum absolute atomic E-state index is 11.6. The molecule has 1 aromatic heterocycles. The van der Waals surface area contributed by atoms with E-state index in [2.05, 4.69) is 4.98 Å². The van der Waals surface area contributed by atoms with Crippen LogP contribution in [0.25, 0.3) is 11.1 Å². The second kappa shape index (κ2) is 3.50. The lowest BCUT2D eigenvalue weighted by Gasteiger charge is -2.03. The number of aromatic amines is 1. The van der Waals surface area contributed by atoms with Crippen molar-refractivity contribution in [3.05, 3.63) is 58.5 Å². The summed E-state index contributed by atoms with van der Waals surface area (Å²) in [6.07, 6.45) is 1.67. The molecule has 0 fully saturated rings. The molecule has 2 rings (SSSR count). The summed E-state index contributed by atoms with van der Waals surface area (Å²) in [5.41, 5.74) is 2.69. The quantitative estimate of drug-likeness (QED) is 0.726. The Morgan fingerprint density at radius 2 is 1.79 bits per heavy atom. The highest BCUT2D eigenvalue weighted by Crippen LogP contribution is 2.17.